The summed E-state index contributed by atoms with van der Waals surface area (Å²) < 4.78 is 0. The van der Waals surface area contributed by atoms with E-state index in [0.29, 0.717) is 29.6 Å². The summed E-state index contributed by atoms with van der Waals surface area (Å²) in [7, 11) is 0. The van der Waals surface area contributed by atoms with Gasteiger partial charge in [0.05, 0.1) is 12.2 Å². The topological polar surface area (TPSA) is 103 Å². The lowest BCUT2D eigenvalue weighted by Crippen LogP contribution is -2.44. The van der Waals surface area contributed by atoms with E-state index >= 15 is 0 Å². The number of fused-ring (bicyclic) bond motifs is 2. The molecule has 0 aliphatic carbocycles. The van der Waals surface area contributed by atoms with Crippen molar-refractivity contribution in [2.24, 2.45) is 5.92 Å². The molecule has 8 nitrogen and oxygen atoms in total. The monoisotopic (exact) mass is 457 g/mol. The van der Waals surface area contributed by atoms with E-state index < -0.39 is 0 Å². The second-order valence-corrected chi connectivity index (χ2v) is 8.52. The number of nitrogens with one attached hydrogen (secondary N) is 3. The van der Waals surface area contributed by atoms with Crippen LogP contribution in [0.2, 0.25) is 10.3 Å². The van der Waals surface area contributed by atoms with Crippen molar-refractivity contribution >= 4 is 57.0 Å². The zero-order valence-electron chi connectivity index (χ0n) is 16.7. The third-order valence-corrected chi connectivity index (χ3v) is 6.16. The third kappa shape index (κ3) is 4.05. The van der Waals surface area contributed by atoms with Gasteiger partial charge in [0.15, 0.2) is 11.5 Å². The summed E-state index contributed by atoms with van der Waals surface area (Å²) in [6.07, 6.45) is 6.03. The lowest BCUT2D eigenvalue weighted by Gasteiger charge is -2.33. The van der Waals surface area contributed by atoms with Gasteiger partial charge < -0.3 is 20.2 Å². The number of aromatic amines is 2. The average molecular weight is 458 g/mol. The van der Waals surface area contributed by atoms with Crippen LogP contribution in [0.5, 0.6) is 0 Å². The first-order chi connectivity index (χ1) is 15.1. The molecule has 1 amide bonds. The predicted molar refractivity (Wildman–Crippen MR) is 122 cm³/mol. The second kappa shape index (κ2) is 8.36. The number of aromatic nitrogens is 5. The first-order valence-corrected chi connectivity index (χ1v) is 11.0. The Kier molecular flexibility index (Phi) is 5.41. The maximum absolute atomic E-state index is 12.9. The Labute approximate surface area is 188 Å². The molecule has 1 fully saturated rings. The van der Waals surface area contributed by atoms with E-state index in [1.807, 2.05) is 24.4 Å². The van der Waals surface area contributed by atoms with Crippen LogP contribution in [0.15, 0.2) is 30.7 Å². The molecule has 1 aliphatic rings. The number of piperidine rings is 1. The third-order valence-electron chi connectivity index (χ3n) is 5.75. The summed E-state index contributed by atoms with van der Waals surface area (Å²) in [5.74, 6) is 0.641. The minimum absolute atomic E-state index is 0.0589. The predicted octanol–water partition coefficient (Wildman–Crippen LogP) is 3.72. The SMILES string of the molecule is O=C(NCCc1c[nH]c2ccc(Cl)cc12)C1CCCN(c2nc(Cl)nc3nc[nH]c23)C1. The van der Waals surface area contributed by atoms with Crippen LogP contribution in [0.3, 0.4) is 0 Å². The van der Waals surface area contributed by atoms with Gasteiger partial charge in [-0.25, -0.2) is 4.98 Å². The van der Waals surface area contributed by atoms with Crippen LogP contribution in [-0.4, -0.2) is 50.5 Å². The zero-order chi connectivity index (χ0) is 21.4. The minimum atomic E-state index is -0.113. The number of carbonyl (C=O) groups excluding carboxylic acids is 1. The molecule has 0 radical (unpaired) electrons. The van der Waals surface area contributed by atoms with E-state index in [1.54, 1.807) is 6.33 Å². The number of halogens is 2. The molecular formula is C21H21Cl2N7O. The highest BCUT2D eigenvalue weighted by molar-refractivity contribution is 6.31. The Morgan fingerprint density at radius 3 is 3.06 bits per heavy atom. The normalized spacial score (nSPS) is 16.8. The number of carbonyl (C=O) groups is 1. The number of nitrogens with zero attached hydrogens (tertiary/aromatic N) is 4. The van der Waals surface area contributed by atoms with Crippen molar-refractivity contribution in [3.8, 4) is 0 Å². The van der Waals surface area contributed by atoms with Crippen molar-refractivity contribution in [1.29, 1.82) is 0 Å². The van der Waals surface area contributed by atoms with Crippen molar-refractivity contribution in [2.75, 3.05) is 24.5 Å². The molecule has 0 spiro atoms. The molecule has 160 valence electrons. The van der Waals surface area contributed by atoms with Crippen molar-refractivity contribution in [3.05, 3.63) is 46.6 Å². The van der Waals surface area contributed by atoms with E-state index in [2.05, 4.69) is 35.1 Å². The summed E-state index contributed by atoms with van der Waals surface area (Å²) in [5.41, 5.74) is 3.45. The Morgan fingerprint density at radius 2 is 2.16 bits per heavy atom. The molecule has 1 saturated heterocycles. The highest BCUT2D eigenvalue weighted by Crippen LogP contribution is 2.28. The van der Waals surface area contributed by atoms with Gasteiger partial charge in [-0.15, -0.1) is 0 Å². The van der Waals surface area contributed by atoms with Crippen LogP contribution in [0, 0.1) is 5.92 Å². The Bertz CT molecular complexity index is 1250. The number of hydrogen-bond donors (Lipinski definition) is 3. The van der Waals surface area contributed by atoms with Gasteiger partial charge in [0.2, 0.25) is 11.2 Å². The summed E-state index contributed by atoms with van der Waals surface area (Å²) >= 11 is 12.2. The molecular weight excluding hydrogens is 437 g/mol. The van der Waals surface area contributed by atoms with Crippen molar-refractivity contribution in [2.45, 2.75) is 19.3 Å². The second-order valence-electron chi connectivity index (χ2n) is 7.75. The van der Waals surface area contributed by atoms with Gasteiger partial charge in [-0.05, 0) is 54.6 Å². The van der Waals surface area contributed by atoms with E-state index in [1.165, 1.54) is 0 Å². The number of rotatable bonds is 5. The van der Waals surface area contributed by atoms with Crippen molar-refractivity contribution in [1.82, 2.24) is 30.2 Å². The number of anilines is 1. The molecule has 3 aromatic heterocycles. The molecule has 1 atom stereocenters. The highest BCUT2D eigenvalue weighted by Gasteiger charge is 2.28. The highest BCUT2D eigenvalue weighted by atomic mass is 35.5. The Morgan fingerprint density at radius 1 is 1.26 bits per heavy atom. The van der Waals surface area contributed by atoms with Gasteiger partial charge in [-0.3, -0.25) is 4.79 Å². The molecule has 31 heavy (non-hydrogen) atoms. The largest absolute Gasteiger partial charge is 0.361 e. The number of imidazole rings is 1. The molecule has 0 bridgehead atoms. The summed E-state index contributed by atoms with van der Waals surface area (Å²) in [6.45, 7) is 1.95. The smallest absolute Gasteiger partial charge is 0.226 e. The van der Waals surface area contributed by atoms with Crippen molar-refractivity contribution < 1.29 is 4.79 Å². The fourth-order valence-corrected chi connectivity index (χ4v) is 4.56. The van der Waals surface area contributed by atoms with Gasteiger partial charge in [0.1, 0.15) is 5.52 Å². The van der Waals surface area contributed by atoms with Crippen LogP contribution in [0.1, 0.15) is 18.4 Å². The summed E-state index contributed by atoms with van der Waals surface area (Å²) in [5, 5.41) is 5.04. The molecule has 10 heteroatoms. The molecule has 5 rings (SSSR count). The quantitative estimate of drug-likeness (QED) is 0.396. The van der Waals surface area contributed by atoms with Crippen LogP contribution in [-0.2, 0) is 11.2 Å². The van der Waals surface area contributed by atoms with Gasteiger partial charge >= 0.3 is 0 Å². The summed E-state index contributed by atoms with van der Waals surface area (Å²) in [6, 6.07) is 5.78. The number of hydrogen-bond acceptors (Lipinski definition) is 5. The molecule has 0 saturated carbocycles. The van der Waals surface area contributed by atoms with Gasteiger partial charge in [0, 0.05) is 41.8 Å². The van der Waals surface area contributed by atoms with Crippen molar-refractivity contribution in [3.63, 3.8) is 0 Å². The van der Waals surface area contributed by atoms with Gasteiger partial charge in [-0.1, -0.05) is 11.6 Å². The zero-order valence-corrected chi connectivity index (χ0v) is 18.2. The molecule has 3 N–H and O–H groups in total. The minimum Gasteiger partial charge on any atom is -0.361 e. The lowest BCUT2D eigenvalue weighted by atomic mass is 9.97. The molecule has 4 aromatic rings. The Balaban J connectivity index is 1.23. The first-order valence-electron chi connectivity index (χ1n) is 10.2. The van der Waals surface area contributed by atoms with Crippen LogP contribution >= 0.6 is 23.2 Å². The number of amides is 1. The van der Waals surface area contributed by atoms with E-state index in [-0.39, 0.29) is 17.1 Å². The van der Waals surface area contributed by atoms with E-state index in [0.717, 1.165) is 47.8 Å². The standard InChI is InChI=1S/C21H21Cl2N7O/c22-14-3-4-16-15(8-14)12(9-25-16)5-6-24-20(31)13-2-1-7-30(10-13)19-17-18(27-11-26-17)28-21(23)29-19/h3-4,8-9,11,13,25H,1-2,5-7,10H2,(H,24,31)(H,26,27,28,29). The fraction of sp³-hybridized carbons (Fsp3) is 0.333. The first kappa shape index (κ1) is 20.1. The van der Waals surface area contributed by atoms with Crippen LogP contribution in [0.25, 0.3) is 22.1 Å². The number of benzene rings is 1. The molecule has 4 heterocycles. The van der Waals surface area contributed by atoms with Crippen LogP contribution in [0.4, 0.5) is 5.82 Å². The van der Waals surface area contributed by atoms with Gasteiger partial charge in [0.25, 0.3) is 0 Å². The average Bonchev–Trinajstić information content (AvgIpc) is 3.40. The fourth-order valence-electron chi connectivity index (χ4n) is 4.23. The molecule has 1 aromatic carbocycles. The maximum Gasteiger partial charge on any atom is 0.226 e. The maximum atomic E-state index is 12.9. The van der Waals surface area contributed by atoms with Crippen LogP contribution < -0.4 is 10.2 Å². The van der Waals surface area contributed by atoms with Gasteiger partial charge in [-0.2, -0.15) is 9.97 Å². The molecule has 1 aliphatic heterocycles. The Hall–Kier alpha value is -2.84. The summed E-state index contributed by atoms with van der Waals surface area (Å²) in [4.78, 5) is 34.0. The van der Waals surface area contributed by atoms with E-state index in [9.17, 15) is 4.79 Å². The lowest BCUT2D eigenvalue weighted by molar-refractivity contribution is -0.125. The molecule has 1 unspecified atom stereocenters. The number of H-pyrrole nitrogens is 2. The van der Waals surface area contributed by atoms with E-state index in [4.69, 9.17) is 23.2 Å².